The van der Waals surface area contributed by atoms with Gasteiger partial charge in [-0.3, -0.25) is 0 Å². The van der Waals surface area contributed by atoms with Gasteiger partial charge in [0.2, 0.25) is 6.79 Å². The van der Waals surface area contributed by atoms with Crippen LogP contribution in [0.4, 0.5) is 0 Å². The standard InChI is InChI=1S/C19H22N2O4/c1-10(2)13-7-14(16(23)8-15(13)22)19(21-20)11(3)12-4-5-17-18(6-12)25-9-24-17/h4-8,10-11,19-20,22-23H,9H2,1-3H3. The molecule has 0 saturated carbocycles. The molecule has 3 N–H and O–H groups in total. The molecule has 0 aliphatic carbocycles. The Bertz CT molecular complexity index is 804. The van der Waals surface area contributed by atoms with Crippen LogP contribution in [0.15, 0.2) is 35.4 Å². The Labute approximate surface area is 146 Å². The highest BCUT2D eigenvalue weighted by Crippen LogP contribution is 2.43. The molecule has 1 aliphatic rings. The van der Waals surface area contributed by atoms with E-state index in [0.29, 0.717) is 17.1 Å². The molecule has 132 valence electrons. The molecule has 1 aliphatic heterocycles. The fourth-order valence-electron chi connectivity index (χ4n) is 3.14. The Hall–Kier alpha value is -2.76. The highest BCUT2D eigenvalue weighted by atomic mass is 16.7. The fraction of sp³-hybridized carbons (Fsp3) is 0.368. The molecular formula is C19H22N2O4. The van der Waals surface area contributed by atoms with Crippen molar-refractivity contribution in [1.29, 1.82) is 5.53 Å². The van der Waals surface area contributed by atoms with E-state index >= 15 is 0 Å². The molecule has 2 unspecified atom stereocenters. The van der Waals surface area contributed by atoms with Gasteiger partial charge in [-0.15, -0.1) is 0 Å². The fourth-order valence-corrected chi connectivity index (χ4v) is 3.14. The zero-order chi connectivity index (χ0) is 18.1. The summed E-state index contributed by atoms with van der Waals surface area (Å²) in [5.41, 5.74) is 9.84. The van der Waals surface area contributed by atoms with E-state index in [1.165, 1.54) is 6.07 Å². The number of benzene rings is 2. The molecule has 3 rings (SSSR count). The number of hydrogen-bond acceptors (Lipinski definition) is 6. The van der Waals surface area contributed by atoms with Gasteiger partial charge in [-0.25, -0.2) is 5.53 Å². The number of nitrogens with zero attached hydrogens (tertiary/aromatic N) is 1. The number of aromatic hydroxyl groups is 2. The zero-order valence-electron chi connectivity index (χ0n) is 14.5. The van der Waals surface area contributed by atoms with Crippen molar-refractivity contribution in [3.63, 3.8) is 0 Å². The highest BCUT2D eigenvalue weighted by molar-refractivity contribution is 5.50. The van der Waals surface area contributed by atoms with E-state index in [-0.39, 0.29) is 30.1 Å². The van der Waals surface area contributed by atoms with Crippen LogP contribution in [0, 0.1) is 5.53 Å². The van der Waals surface area contributed by atoms with Crippen LogP contribution in [-0.2, 0) is 0 Å². The lowest BCUT2D eigenvalue weighted by atomic mass is 9.86. The third-order valence-corrected chi connectivity index (χ3v) is 4.65. The van der Waals surface area contributed by atoms with Gasteiger partial charge < -0.3 is 19.7 Å². The second-order valence-corrected chi connectivity index (χ2v) is 6.60. The summed E-state index contributed by atoms with van der Waals surface area (Å²) >= 11 is 0. The predicted molar refractivity (Wildman–Crippen MR) is 92.7 cm³/mol. The number of rotatable bonds is 5. The van der Waals surface area contributed by atoms with Gasteiger partial charge in [0, 0.05) is 17.5 Å². The van der Waals surface area contributed by atoms with E-state index in [1.807, 2.05) is 39.0 Å². The number of phenolic OH excluding ortho intramolecular Hbond substituents is 2. The minimum absolute atomic E-state index is 0.0516. The molecule has 1 heterocycles. The Morgan fingerprint density at radius 1 is 0.960 bits per heavy atom. The SMILES string of the molecule is CC(C)c1cc(C(N=N)C(C)c2ccc3c(c2)OCO3)c(O)cc1O. The van der Waals surface area contributed by atoms with Gasteiger partial charge in [0.25, 0.3) is 0 Å². The van der Waals surface area contributed by atoms with Crippen LogP contribution >= 0.6 is 0 Å². The number of nitrogens with one attached hydrogen (secondary N) is 1. The van der Waals surface area contributed by atoms with E-state index in [0.717, 1.165) is 11.1 Å². The summed E-state index contributed by atoms with van der Waals surface area (Å²) in [5, 5.41) is 24.1. The summed E-state index contributed by atoms with van der Waals surface area (Å²) in [7, 11) is 0. The molecule has 25 heavy (non-hydrogen) atoms. The van der Waals surface area contributed by atoms with Crippen LogP contribution in [0.3, 0.4) is 0 Å². The van der Waals surface area contributed by atoms with Gasteiger partial charge in [0.15, 0.2) is 11.5 Å². The predicted octanol–water partition coefficient (Wildman–Crippen LogP) is 4.83. The minimum atomic E-state index is -0.571. The molecule has 2 aromatic rings. The molecule has 2 atom stereocenters. The lowest BCUT2D eigenvalue weighted by Gasteiger charge is -2.22. The van der Waals surface area contributed by atoms with Gasteiger partial charge in [0.05, 0.1) is 0 Å². The van der Waals surface area contributed by atoms with Crippen molar-refractivity contribution in [2.45, 2.75) is 38.6 Å². The van der Waals surface area contributed by atoms with Gasteiger partial charge in [-0.05, 0) is 35.2 Å². The molecule has 0 bridgehead atoms. The first-order valence-corrected chi connectivity index (χ1v) is 8.24. The molecule has 6 nitrogen and oxygen atoms in total. The summed E-state index contributed by atoms with van der Waals surface area (Å²) in [6, 6.07) is 8.13. The first-order chi connectivity index (χ1) is 11.9. The smallest absolute Gasteiger partial charge is 0.231 e. The van der Waals surface area contributed by atoms with Crippen LogP contribution < -0.4 is 9.47 Å². The van der Waals surface area contributed by atoms with Crippen molar-refractivity contribution >= 4 is 0 Å². The Kier molecular flexibility index (Phi) is 4.53. The average Bonchev–Trinajstić information content (AvgIpc) is 3.04. The Balaban J connectivity index is 1.99. The van der Waals surface area contributed by atoms with Crippen LogP contribution in [0.5, 0.6) is 23.0 Å². The zero-order valence-corrected chi connectivity index (χ0v) is 14.5. The van der Waals surface area contributed by atoms with Crippen LogP contribution in [0.25, 0.3) is 0 Å². The Morgan fingerprint density at radius 3 is 2.32 bits per heavy atom. The molecule has 0 radical (unpaired) electrons. The maximum Gasteiger partial charge on any atom is 0.231 e. The first kappa shape index (κ1) is 17.1. The van der Waals surface area contributed by atoms with Crippen molar-refractivity contribution in [3.8, 4) is 23.0 Å². The average molecular weight is 342 g/mol. The number of phenols is 2. The van der Waals surface area contributed by atoms with E-state index in [1.54, 1.807) is 6.07 Å². The highest BCUT2D eigenvalue weighted by Gasteiger charge is 2.26. The second kappa shape index (κ2) is 6.63. The lowest BCUT2D eigenvalue weighted by Crippen LogP contribution is -2.07. The summed E-state index contributed by atoms with van der Waals surface area (Å²) in [5.74, 6) is 1.29. The number of fused-ring (bicyclic) bond motifs is 1. The molecule has 0 fully saturated rings. The van der Waals surface area contributed by atoms with Gasteiger partial charge in [-0.2, -0.15) is 5.11 Å². The quantitative estimate of drug-likeness (QED) is 0.678. The molecule has 0 spiro atoms. The summed E-state index contributed by atoms with van der Waals surface area (Å²) in [6.07, 6.45) is 0. The summed E-state index contributed by atoms with van der Waals surface area (Å²) in [4.78, 5) is 0. The normalized spacial score (nSPS) is 15.2. The monoisotopic (exact) mass is 342 g/mol. The topological polar surface area (TPSA) is 95.1 Å². The maximum absolute atomic E-state index is 10.3. The molecular weight excluding hydrogens is 320 g/mol. The van der Waals surface area contributed by atoms with Crippen LogP contribution in [0.2, 0.25) is 0 Å². The van der Waals surface area contributed by atoms with Gasteiger partial charge >= 0.3 is 0 Å². The van der Waals surface area contributed by atoms with Gasteiger partial charge in [0.1, 0.15) is 17.5 Å². The van der Waals surface area contributed by atoms with Crippen molar-refractivity contribution in [1.82, 2.24) is 0 Å². The lowest BCUT2D eigenvalue weighted by molar-refractivity contribution is 0.174. The van der Waals surface area contributed by atoms with Crippen LogP contribution in [-0.4, -0.2) is 17.0 Å². The third-order valence-electron chi connectivity index (χ3n) is 4.65. The molecule has 2 aromatic carbocycles. The Morgan fingerprint density at radius 2 is 1.64 bits per heavy atom. The third kappa shape index (κ3) is 3.12. The van der Waals surface area contributed by atoms with Crippen molar-refractivity contribution in [2.24, 2.45) is 5.11 Å². The maximum atomic E-state index is 10.3. The molecule has 0 saturated heterocycles. The van der Waals surface area contributed by atoms with E-state index in [4.69, 9.17) is 15.0 Å². The van der Waals surface area contributed by atoms with E-state index < -0.39 is 6.04 Å². The van der Waals surface area contributed by atoms with Crippen molar-refractivity contribution < 1.29 is 19.7 Å². The minimum Gasteiger partial charge on any atom is -0.508 e. The number of hydrogen-bond donors (Lipinski definition) is 3. The van der Waals surface area contributed by atoms with Crippen LogP contribution in [0.1, 0.15) is 55.3 Å². The van der Waals surface area contributed by atoms with E-state index in [2.05, 4.69) is 5.11 Å². The molecule has 6 heteroatoms. The van der Waals surface area contributed by atoms with Crippen molar-refractivity contribution in [3.05, 3.63) is 47.0 Å². The summed E-state index contributed by atoms with van der Waals surface area (Å²) in [6.45, 7) is 6.07. The van der Waals surface area contributed by atoms with Gasteiger partial charge in [-0.1, -0.05) is 26.8 Å². The first-order valence-electron chi connectivity index (χ1n) is 8.24. The van der Waals surface area contributed by atoms with E-state index in [9.17, 15) is 10.2 Å². The molecule has 0 aromatic heterocycles. The largest absolute Gasteiger partial charge is 0.508 e. The van der Waals surface area contributed by atoms with Crippen molar-refractivity contribution in [2.75, 3.05) is 6.79 Å². The molecule has 0 amide bonds. The second-order valence-electron chi connectivity index (χ2n) is 6.60. The summed E-state index contributed by atoms with van der Waals surface area (Å²) < 4.78 is 10.7. The number of ether oxygens (including phenoxy) is 2.